The Morgan fingerprint density at radius 2 is 1.73 bits per heavy atom. The maximum atomic E-state index is 3.75. The van der Waals surface area contributed by atoms with Crippen molar-refractivity contribution in [3.8, 4) is 0 Å². The lowest BCUT2D eigenvalue weighted by Crippen LogP contribution is -1.93. The molecule has 1 aromatic rings. The highest BCUT2D eigenvalue weighted by Crippen LogP contribution is 2.14. The standard InChI is InChI=1S/C15H22/c1-3-5-6-7-11-15-13-9-8-12-14(15)10-4-2/h3,8-9,12-13H,1,4-7,10-11H2,2H3. The van der Waals surface area contributed by atoms with Crippen LogP contribution < -0.4 is 0 Å². The van der Waals surface area contributed by atoms with Gasteiger partial charge in [0.1, 0.15) is 0 Å². The van der Waals surface area contributed by atoms with Crippen LogP contribution >= 0.6 is 0 Å². The third-order valence-electron chi connectivity index (χ3n) is 2.74. The molecule has 0 spiro atoms. The Hall–Kier alpha value is -1.04. The van der Waals surface area contributed by atoms with E-state index in [0.29, 0.717) is 0 Å². The highest BCUT2D eigenvalue weighted by molar-refractivity contribution is 5.27. The van der Waals surface area contributed by atoms with E-state index in [1.54, 1.807) is 11.1 Å². The zero-order chi connectivity index (χ0) is 10.9. The Bertz CT molecular complexity index is 286. The molecule has 0 aliphatic carbocycles. The first-order valence-electron chi connectivity index (χ1n) is 6.06. The second-order valence-corrected chi connectivity index (χ2v) is 4.05. The van der Waals surface area contributed by atoms with E-state index < -0.39 is 0 Å². The van der Waals surface area contributed by atoms with Crippen LogP contribution in [0.1, 0.15) is 43.7 Å². The van der Waals surface area contributed by atoms with Crippen LogP contribution in [0.2, 0.25) is 0 Å². The van der Waals surface area contributed by atoms with Gasteiger partial charge in [-0.25, -0.2) is 0 Å². The molecule has 0 nitrogen and oxygen atoms in total. The monoisotopic (exact) mass is 202 g/mol. The maximum Gasteiger partial charge on any atom is -0.0276 e. The van der Waals surface area contributed by atoms with Gasteiger partial charge in [-0.05, 0) is 43.2 Å². The summed E-state index contributed by atoms with van der Waals surface area (Å²) in [7, 11) is 0. The molecule has 0 unspecified atom stereocenters. The van der Waals surface area contributed by atoms with Crippen molar-refractivity contribution in [2.75, 3.05) is 0 Å². The normalized spacial score (nSPS) is 10.2. The molecule has 0 aromatic heterocycles. The second-order valence-electron chi connectivity index (χ2n) is 4.05. The summed E-state index contributed by atoms with van der Waals surface area (Å²) in [6.07, 6.45) is 9.40. The van der Waals surface area contributed by atoms with Gasteiger partial charge in [-0.3, -0.25) is 0 Å². The van der Waals surface area contributed by atoms with Crippen LogP contribution in [0.3, 0.4) is 0 Å². The van der Waals surface area contributed by atoms with Crippen molar-refractivity contribution < 1.29 is 0 Å². The van der Waals surface area contributed by atoms with Crippen molar-refractivity contribution >= 4 is 0 Å². The first kappa shape index (κ1) is 12.0. The fourth-order valence-electron chi connectivity index (χ4n) is 1.92. The van der Waals surface area contributed by atoms with E-state index in [0.717, 1.165) is 6.42 Å². The highest BCUT2D eigenvalue weighted by atomic mass is 14.0. The number of rotatable bonds is 7. The van der Waals surface area contributed by atoms with Crippen molar-refractivity contribution in [3.63, 3.8) is 0 Å². The molecule has 0 heteroatoms. The van der Waals surface area contributed by atoms with Crippen LogP contribution in [0.5, 0.6) is 0 Å². The molecule has 1 aromatic carbocycles. The molecule has 0 fully saturated rings. The Balaban J connectivity index is 2.47. The van der Waals surface area contributed by atoms with Crippen LogP contribution in [0.25, 0.3) is 0 Å². The SMILES string of the molecule is C=CCCCCc1ccccc1CCC. The van der Waals surface area contributed by atoms with E-state index in [4.69, 9.17) is 0 Å². The van der Waals surface area contributed by atoms with Crippen molar-refractivity contribution in [1.82, 2.24) is 0 Å². The molecule has 0 N–H and O–H groups in total. The van der Waals surface area contributed by atoms with E-state index in [1.807, 2.05) is 6.08 Å². The predicted molar refractivity (Wildman–Crippen MR) is 68.2 cm³/mol. The van der Waals surface area contributed by atoms with E-state index in [2.05, 4.69) is 37.8 Å². The smallest absolute Gasteiger partial charge is 0.0276 e. The largest absolute Gasteiger partial charge is 0.103 e. The summed E-state index contributed by atoms with van der Waals surface area (Å²) < 4.78 is 0. The first-order chi connectivity index (χ1) is 7.38. The van der Waals surface area contributed by atoms with Crippen LogP contribution in [-0.4, -0.2) is 0 Å². The van der Waals surface area contributed by atoms with Gasteiger partial charge >= 0.3 is 0 Å². The van der Waals surface area contributed by atoms with Gasteiger partial charge in [0, 0.05) is 0 Å². The van der Waals surface area contributed by atoms with Gasteiger partial charge in [0.05, 0.1) is 0 Å². The molecule has 0 atom stereocenters. The third kappa shape index (κ3) is 4.33. The predicted octanol–water partition coefficient (Wildman–Crippen LogP) is 4.54. The molecule has 0 radical (unpaired) electrons. The first-order valence-corrected chi connectivity index (χ1v) is 6.06. The summed E-state index contributed by atoms with van der Waals surface area (Å²) in [5.74, 6) is 0. The summed E-state index contributed by atoms with van der Waals surface area (Å²) in [6, 6.07) is 8.85. The quantitative estimate of drug-likeness (QED) is 0.450. The Kier molecular flexibility index (Phi) is 5.84. The summed E-state index contributed by atoms with van der Waals surface area (Å²) in [6.45, 7) is 6.00. The molecular formula is C15H22. The highest BCUT2D eigenvalue weighted by Gasteiger charge is 1.99. The minimum Gasteiger partial charge on any atom is -0.103 e. The molecule has 0 heterocycles. The van der Waals surface area contributed by atoms with Crippen molar-refractivity contribution in [1.29, 1.82) is 0 Å². The van der Waals surface area contributed by atoms with Crippen molar-refractivity contribution in [3.05, 3.63) is 48.0 Å². The zero-order valence-corrected chi connectivity index (χ0v) is 9.84. The van der Waals surface area contributed by atoms with Crippen molar-refractivity contribution in [2.45, 2.75) is 45.4 Å². The van der Waals surface area contributed by atoms with E-state index in [9.17, 15) is 0 Å². The molecule has 15 heavy (non-hydrogen) atoms. The van der Waals surface area contributed by atoms with Crippen molar-refractivity contribution in [2.24, 2.45) is 0 Å². The third-order valence-corrected chi connectivity index (χ3v) is 2.74. The van der Waals surface area contributed by atoms with Gasteiger partial charge in [-0.2, -0.15) is 0 Å². The molecule has 0 aliphatic rings. The summed E-state index contributed by atoms with van der Waals surface area (Å²) in [4.78, 5) is 0. The van der Waals surface area contributed by atoms with E-state index in [-0.39, 0.29) is 0 Å². The average molecular weight is 202 g/mol. The van der Waals surface area contributed by atoms with Gasteiger partial charge in [0.25, 0.3) is 0 Å². The van der Waals surface area contributed by atoms with E-state index >= 15 is 0 Å². The van der Waals surface area contributed by atoms with Crippen LogP contribution in [0.4, 0.5) is 0 Å². The number of hydrogen-bond acceptors (Lipinski definition) is 0. The van der Waals surface area contributed by atoms with Gasteiger partial charge in [0.15, 0.2) is 0 Å². The molecule has 0 amide bonds. The maximum absolute atomic E-state index is 3.75. The molecule has 0 aliphatic heterocycles. The molecule has 82 valence electrons. The Labute approximate surface area is 94.0 Å². The lowest BCUT2D eigenvalue weighted by molar-refractivity contribution is 0.740. The minimum absolute atomic E-state index is 1.15. The molecule has 0 saturated carbocycles. The average Bonchev–Trinajstić information content (AvgIpc) is 2.27. The van der Waals surface area contributed by atoms with Gasteiger partial charge in [0.2, 0.25) is 0 Å². The summed E-state index contributed by atoms with van der Waals surface area (Å²) in [5.41, 5.74) is 3.09. The number of hydrogen-bond donors (Lipinski definition) is 0. The number of unbranched alkanes of at least 4 members (excludes halogenated alkanes) is 2. The lowest BCUT2D eigenvalue weighted by atomic mass is 9.98. The van der Waals surface area contributed by atoms with Crippen LogP contribution in [0, 0.1) is 0 Å². The molecule has 0 bridgehead atoms. The Morgan fingerprint density at radius 3 is 2.33 bits per heavy atom. The Morgan fingerprint density at radius 1 is 1.07 bits per heavy atom. The van der Waals surface area contributed by atoms with Crippen LogP contribution in [0.15, 0.2) is 36.9 Å². The minimum atomic E-state index is 1.15. The molecular weight excluding hydrogens is 180 g/mol. The topological polar surface area (TPSA) is 0 Å². The van der Waals surface area contributed by atoms with Gasteiger partial charge < -0.3 is 0 Å². The summed E-state index contributed by atoms with van der Waals surface area (Å²) in [5, 5.41) is 0. The zero-order valence-electron chi connectivity index (χ0n) is 9.84. The number of aryl methyl sites for hydroxylation is 2. The summed E-state index contributed by atoms with van der Waals surface area (Å²) >= 11 is 0. The number of benzene rings is 1. The lowest BCUT2D eigenvalue weighted by Gasteiger charge is -2.07. The fourth-order valence-corrected chi connectivity index (χ4v) is 1.92. The second kappa shape index (κ2) is 7.28. The molecule has 1 rings (SSSR count). The molecule has 0 saturated heterocycles. The van der Waals surface area contributed by atoms with E-state index in [1.165, 1.54) is 32.1 Å². The van der Waals surface area contributed by atoms with Crippen LogP contribution in [-0.2, 0) is 12.8 Å². The van der Waals surface area contributed by atoms with Gasteiger partial charge in [-0.1, -0.05) is 43.7 Å². The number of allylic oxidation sites excluding steroid dienone is 1. The fraction of sp³-hybridized carbons (Fsp3) is 0.467. The van der Waals surface area contributed by atoms with Gasteiger partial charge in [-0.15, -0.1) is 6.58 Å².